The number of benzene rings is 1. The average Bonchev–Trinajstić information content (AvgIpc) is 2.92. The molecule has 0 amide bonds. The molecule has 0 bridgehead atoms. The van der Waals surface area contributed by atoms with Gasteiger partial charge in [0.1, 0.15) is 0 Å². The minimum Gasteiger partial charge on any atom is -0.493 e. The van der Waals surface area contributed by atoms with Gasteiger partial charge in [0.15, 0.2) is 11.5 Å². The smallest absolute Gasteiger partial charge is 0.161 e. The first kappa shape index (κ1) is 12.5. The normalized spacial score (nSPS) is 10.3. The quantitative estimate of drug-likeness (QED) is 0.705. The Labute approximate surface area is 107 Å². The molecule has 4 nitrogen and oxygen atoms in total. The van der Waals surface area contributed by atoms with Gasteiger partial charge >= 0.3 is 0 Å². The van der Waals surface area contributed by atoms with E-state index < -0.39 is 0 Å². The number of imidazole rings is 1. The summed E-state index contributed by atoms with van der Waals surface area (Å²) in [6.45, 7) is 1.68. The zero-order valence-corrected chi connectivity index (χ0v) is 10.6. The van der Waals surface area contributed by atoms with E-state index in [-0.39, 0.29) is 0 Å². The van der Waals surface area contributed by atoms with Crippen LogP contribution in [0.5, 0.6) is 11.5 Å². The van der Waals surface area contributed by atoms with Crippen molar-refractivity contribution in [3.63, 3.8) is 0 Å². The Kier molecular flexibility index (Phi) is 4.64. The highest BCUT2D eigenvalue weighted by Crippen LogP contribution is 2.25. The second kappa shape index (κ2) is 6.69. The lowest BCUT2D eigenvalue weighted by atomic mass is 10.3. The van der Waals surface area contributed by atoms with Crippen molar-refractivity contribution in [1.82, 2.24) is 9.55 Å². The molecule has 1 aromatic heterocycles. The Morgan fingerprint density at radius 3 is 2.72 bits per heavy atom. The minimum absolute atomic E-state index is 0.703. The van der Waals surface area contributed by atoms with E-state index in [4.69, 9.17) is 9.47 Å². The average molecular weight is 246 g/mol. The van der Waals surface area contributed by atoms with Crippen LogP contribution in [0, 0.1) is 0 Å². The van der Waals surface area contributed by atoms with Gasteiger partial charge in [0.2, 0.25) is 0 Å². The summed E-state index contributed by atoms with van der Waals surface area (Å²) in [6.07, 6.45) is 7.69. The Morgan fingerprint density at radius 2 is 2.00 bits per heavy atom. The molecule has 0 spiro atoms. The van der Waals surface area contributed by atoms with Crippen molar-refractivity contribution in [2.24, 2.45) is 0 Å². The van der Waals surface area contributed by atoms with Crippen LogP contribution >= 0.6 is 0 Å². The zero-order chi connectivity index (χ0) is 12.6. The van der Waals surface area contributed by atoms with Gasteiger partial charge < -0.3 is 14.0 Å². The molecule has 18 heavy (non-hydrogen) atoms. The largest absolute Gasteiger partial charge is 0.493 e. The molecular weight excluding hydrogens is 228 g/mol. The molecule has 0 atom stereocenters. The monoisotopic (exact) mass is 246 g/mol. The summed E-state index contributed by atoms with van der Waals surface area (Å²) in [6, 6.07) is 7.71. The van der Waals surface area contributed by atoms with E-state index in [2.05, 4.69) is 9.55 Å². The van der Waals surface area contributed by atoms with Gasteiger partial charge in [0.05, 0.1) is 20.0 Å². The maximum absolute atomic E-state index is 5.70. The first-order chi connectivity index (χ1) is 8.90. The second-order valence-corrected chi connectivity index (χ2v) is 4.01. The van der Waals surface area contributed by atoms with Gasteiger partial charge in [0.25, 0.3) is 0 Å². The number of aryl methyl sites for hydroxylation is 1. The van der Waals surface area contributed by atoms with Gasteiger partial charge in [-0.1, -0.05) is 12.1 Å². The molecule has 0 saturated heterocycles. The van der Waals surface area contributed by atoms with E-state index in [9.17, 15) is 0 Å². The molecule has 4 heteroatoms. The van der Waals surface area contributed by atoms with Crippen LogP contribution in [0.1, 0.15) is 12.8 Å². The molecule has 0 unspecified atom stereocenters. The highest BCUT2D eigenvalue weighted by molar-refractivity contribution is 5.39. The summed E-state index contributed by atoms with van der Waals surface area (Å²) < 4.78 is 13.0. The third-order valence-corrected chi connectivity index (χ3v) is 2.70. The number of ether oxygens (including phenoxy) is 2. The summed E-state index contributed by atoms with van der Waals surface area (Å²) in [7, 11) is 1.65. The van der Waals surface area contributed by atoms with Gasteiger partial charge in [-0.15, -0.1) is 0 Å². The van der Waals surface area contributed by atoms with E-state index in [0.717, 1.165) is 30.9 Å². The highest BCUT2D eigenvalue weighted by atomic mass is 16.5. The fourth-order valence-corrected chi connectivity index (χ4v) is 1.74. The molecule has 1 aromatic carbocycles. The van der Waals surface area contributed by atoms with Crippen LogP contribution in [0.4, 0.5) is 0 Å². The van der Waals surface area contributed by atoms with Crippen molar-refractivity contribution < 1.29 is 9.47 Å². The third kappa shape index (κ3) is 3.52. The van der Waals surface area contributed by atoms with Crippen LogP contribution in [0.2, 0.25) is 0 Å². The molecule has 0 aliphatic carbocycles. The standard InChI is InChI=1S/C14H18N2O2/c1-17-13-6-2-3-7-14(13)18-11-5-4-9-16-10-8-15-12-16/h2-3,6-8,10,12H,4-5,9,11H2,1H3. The number of rotatable bonds is 7. The van der Waals surface area contributed by atoms with Crippen LogP contribution < -0.4 is 9.47 Å². The first-order valence-corrected chi connectivity index (χ1v) is 6.11. The molecule has 0 radical (unpaired) electrons. The van der Waals surface area contributed by atoms with Crippen molar-refractivity contribution >= 4 is 0 Å². The lowest BCUT2D eigenvalue weighted by Crippen LogP contribution is -2.01. The molecule has 0 saturated carbocycles. The number of aromatic nitrogens is 2. The minimum atomic E-state index is 0.703. The van der Waals surface area contributed by atoms with E-state index >= 15 is 0 Å². The molecular formula is C14H18N2O2. The van der Waals surface area contributed by atoms with E-state index in [0.29, 0.717) is 6.61 Å². The molecule has 2 aromatic rings. The van der Waals surface area contributed by atoms with Gasteiger partial charge in [0, 0.05) is 18.9 Å². The van der Waals surface area contributed by atoms with Gasteiger partial charge in [-0.3, -0.25) is 0 Å². The molecule has 2 rings (SSSR count). The second-order valence-electron chi connectivity index (χ2n) is 4.01. The number of unbranched alkanes of at least 4 members (excludes halogenated alkanes) is 1. The summed E-state index contributed by atoms with van der Waals surface area (Å²) in [5.74, 6) is 1.59. The molecule has 0 aliphatic rings. The lowest BCUT2D eigenvalue weighted by molar-refractivity contribution is 0.284. The zero-order valence-electron chi connectivity index (χ0n) is 10.6. The van der Waals surface area contributed by atoms with E-state index in [1.807, 2.05) is 36.8 Å². The number of hydrogen-bond donors (Lipinski definition) is 0. The first-order valence-electron chi connectivity index (χ1n) is 6.11. The summed E-state index contributed by atoms with van der Waals surface area (Å²) in [5, 5.41) is 0. The van der Waals surface area contributed by atoms with Crippen molar-refractivity contribution in [2.75, 3.05) is 13.7 Å². The summed E-state index contributed by atoms with van der Waals surface area (Å²) >= 11 is 0. The summed E-state index contributed by atoms with van der Waals surface area (Å²) in [4.78, 5) is 4.01. The third-order valence-electron chi connectivity index (χ3n) is 2.70. The van der Waals surface area contributed by atoms with Crippen molar-refractivity contribution in [2.45, 2.75) is 19.4 Å². The predicted molar refractivity (Wildman–Crippen MR) is 70.0 cm³/mol. The number of para-hydroxylation sites is 2. The summed E-state index contributed by atoms with van der Waals surface area (Å²) in [5.41, 5.74) is 0. The van der Waals surface area contributed by atoms with Crippen molar-refractivity contribution in [3.05, 3.63) is 43.0 Å². The Hall–Kier alpha value is -1.97. The maximum Gasteiger partial charge on any atom is 0.161 e. The number of methoxy groups -OCH3 is 1. The Bertz CT molecular complexity index is 455. The SMILES string of the molecule is COc1ccccc1OCCCCn1ccnc1. The fraction of sp³-hybridized carbons (Fsp3) is 0.357. The Morgan fingerprint density at radius 1 is 1.17 bits per heavy atom. The lowest BCUT2D eigenvalue weighted by Gasteiger charge is -2.10. The molecule has 96 valence electrons. The van der Waals surface area contributed by atoms with Crippen LogP contribution in [0.3, 0.4) is 0 Å². The Balaban J connectivity index is 1.69. The van der Waals surface area contributed by atoms with Crippen LogP contribution in [0.15, 0.2) is 43.0 Å². The van der Waals surface area contributed by atoms with E-state index in [1.54, 1.807) is 13.3 Å². The van der Waals surface area contributed by atoms with Crippen molar-refractivity contribution in [3.8, 4) is 11.5 Å². The highest BCUT2D eigenvalue weighted by Gasteiger charge is 2.01. The number of hydrogen-bond acceptors (Lipinski definition) is 3. The maximum atomic E-state index is 5.70. The topological polar surface area (TPSA) is 36.3 Å². The molecule has 0 aliphatic heterocycles. The number of nitrogens with zero attached hydrogens (tertiary/aromatic N) is 2. The van der Waals surface area contributed by atoms with Crippen molar-refractivity contribution in [1.29, 1.82) is 0 Å². The van der Waals surface area contributed by atoms with Crippen LogP contribution in [-0.2, 0) is 6.54 Å². The van der Waals surface area contributed by atoms with Gasteiger partial charge in [-0.25, -0.2) is 4.98 Å². The predicted octanol–water partition coefficient (Wildman–Crippen LogP) is 2.75. The fourth-order valence-electron chi connectivity index (χ4n) is 1.74. The van der Waals surface area contributed by atoms with Crippen LogP contribution in [-0.4, -0.2) is 23.3 Å². The van der Waals surface area contributed by atoms with Gasteiger partial charge in [-0.05, 0) is 25.0 Å². The van der Waals surface area contributed by atoms with Gasteiger partial charge in [-0.2, -0.15) is 0 Å². The van der Waals surface area contributed by atoms with E-state index in [1.165, 1.54) is 0 Å². The molecule has 0 fully saturated rings. The molecule has 0 N–H and O–H groups in total. The molecule has 1 heterocycles. The van der Waals surface area contributed by atoms with Crippen LogP contribution in [0.25, 0.3) is 0 Å².